The Morgan fingerprint density at radius 3 is 2.74 bits per heavy atom. The summed E-state index contributed by atoms with van der Waals surface area (Å²) < 4.78 is 18.8. The lowest BCUT2D eigenvalue weighted by atomic mass is 10.0. The molecule has 7 heteroatoms. The first kappa shape index (κ1) is 21.4. The number of ether oxygens (including phenoxy) is 1. The van der Waals surface area contributed by atoms with Gasteiger partial charge in [-0.25, -0.2) is 4.39 Å². The number of likely N-dealkylation sites (tertiary alicyclic amines) is 1. The highest BCUT2D eigenvalue weighted by molar-refractivity contribution is 5.80. The van der Waals surface area contributed by atoms with E-state index in [4.69, 9.17) is 9.84 Å². The first-order valence-corrected chi connectivity index (χ1v) is 9.76. The predicted molar refractivity (Wildman–Crippen MR) is 107 cm³/mol. The molecular formula is C20H33FN4O2. The van der Waals surface area contributed by atoms with Crippen molar-refractivity contribution in [3.8, 4) is 5.75 Å². The summed E-state index contributed by atoms with van der Waals surface area (Å²) in [5.74, 6) is 0.947. The Kier molecular flexibility index (Phi) is 8.81. The van der Waals surface area contributed by atoms with Crippen molar-refractivity contribution in [3.63, 3.8) is 0 Å². The van der Waals surface area contributed by atoms with Crippen LogP contribution in [-0.4, -0.2) is 61.9 Å². The van der Waals surface area contributed by atoms with E-state index >= 15 is 0 Å². The molecule has 1 aromatic carbocycles. The van der Waals surface area contributed by atoms with Gasteiger partial charge in [-0.3, -0.25) is 9.89 Å². The molecule has 1 unspecified atom stereocenters. The number of rotatable bonds is 8. The quantitative estimate of drug-likeness (QED) is 0.475. The third kappa shape index (κ3) is 6.99. The molecule has 0 saturated carbocycles. The number of piperidine rings is 1. The number of benzene rings is 1. The Hall–Kier alpha value is -1.86. The number of halogens is 1. The largest absolute Gasteiger partial charge is 0.494 e. The maximum absolute atomic E-state index is 13.8. The standard InChI is InChI=1S/C20H33FN4O2/c1-4-22-20(23-12-15(2)14-26)24-17-7-9-25(10-8-17)13-16-5-6-19(27-3)18(21)11-16/h5-6,11,15,17,26H,4,7-10,12-14H2,1-3H3,(H2,22,23,24). The number of aliphatic imine (C=N–C) groups is 1. The number of aliphatic hydroxyl groups excluding tert-OH is 1. The number of methoxy groups -OCH3 is 1. The first-order chi connectivity index (χ1) is 13.0. The van der Waals surface area contributed by atoms with Gasteiger partial charge in [-0.05, 0) is 43.4 Å². The van der Waals surface area contributed by atoms with Gasteiger partial charge in [0.05, 0.1) is 7.11 Å². The Labute approximate surface area is 161 Å². The number of guanidine groups is 1. The number of nitrogens with one attached hydrogen (secondary N) is 2. The normalized spacial score (nSPS) is 17.6. The van der Waals surface area contributed by atoms with E-state index in [0.717, 1.165) is 50.5 Å². The topological polar surface area (TPSA) is 69.1 Å². The van der Waals surface area contributed by atoms with Crippen LogP contribution in [0, 0.1) is 11.7 Å². The van der Waals surface area contributed by atoms with Crippen LogP contribution in [0.5, 0.6) is 5.75 Å². The van der Waals surface area contributed by atoms with E-state index in [1.807, 2.05) is 19.9 Å². The van der Waals surface area contributed by atoms with Crippen LogP contribution in [0.2, 0.25) is 0 Å². The smallest absolute Gasteiger partial charge is 0.191 e. The van der Waals surface area contributed by atoms with Crippen molar-refractivity contribution >= 4 is 5.96 Å². The molecule has 0 aliphatic carbocycles. The molecule has 1 aromatic rings. The van der Waals surface area contributed by atoms with Gasteiger partial charge in [-0.15, -0.1) is 0 Å². The fraction of sp³-hybridized carbons (Fsp3) is 0.650. The summed E-state index contributed by atoms with van der Waals surface area (Å²) in [6, 6.07) is 5.54. The lowest BCUT2D eigenvalue weighted by Gasteiger charge is -2.33. The van der Waals surface area contributed by atoms with Crippen LogP contribution in [0.4, 0.5) is 4.39 Å². The van der Waals surface area contributed by atoms with Gasteiger partial charge in [0, 0.05) is 45.4 Å². The first-order valence-electron chi connectivity index (χ1n) is 9.76. The predicted octanol–water partition coefficient (Wildman–Crippen LogP) is 1.98. The van der Waals surface area contributed by atoms with E-state index in [9.17, 15) is 4.39 Å². The molecule has 152 valence electrons. The van der Waals surface area contributed by atoms with Crippen molar-refractivity contribution in [2.45, 2.75) is 39.3 Å². The number of nitrogens with zero attached hydrogens (tertiary/aromatic N) is 2. The third-order valence-electron chi connectivity index (χ3n) is 4.77. The minimum absolute atomic E-state index is 0.146. The molecule has 0 amide bonds. The highest BCUT2D eigenvalue weighted by Gasteiger charge is 2.20. The second kappa shape index (κ2) is 11.1. The average molecular weight is 381 g/mol. The summed E-state index contributed by atoms with van der Waals surface area (Å²) in [4.78, 5) is 6.90. The van der Waals surface area contributed by atoms with E-state index in [1.54, 1.807) is 12.1 Å². The number of hydrogen-bond donors (Lipinski definition) is 3. The molecule has 0 radical (unpaired) electrons. The van der Waals surface area contributed by atoms with Crippen molar-refractivity contribution < 1.29 is 14.2 Å². The molecule has 1 aliphatic heterocycles. The second-order valence-corrected chi connectivity index (χ2v) is 7.17. The molecular weight excluding hydrogens is 347 g/mol. The third-order valence-corrected chi connectivity index (χ3v) is 4.77. The molecule has 2 rings (SSSR count). The Balaban J connectivity index is 1.82. The summed E-state index contributed by atoms with van der Waals surface area (Å²) in [6.07, 6.45) is 2.03. The van der Waals surface area contributed by atoms with Gasteiger partial charge in [-0.1, -0.05) is 13.0 Å². The summed E-state index contributed by atoms with van der Waals surface area (Å²) >= 11 is 0. The van der Waals surface area contributed by atoms with Gasteiger partial charge in [0.15, 0.2) is 17.5 Å². The summed E-state index contributed by atoms with van der Waals surface area (Å²) in [5, 5.41) is 15.9. The van der Waals surface area contributed by atoms with Crippen molar-refractivity contribution in [2.24, 2.45) is 10.9 Å². The van der Waals surface area contributed by atoms with Gasteiger partial charge >= 0.3 is 0 Å². The van der Waals surface area contributed by atoms with E-state index in [2.05, 4.69) is 20.5 Å². The summed E-state index contributed by atoms with van der Waals surface area (Å²) in [6.45, 7) is 8.24. The summed E-state index contributed by atoms with van der Waals surface area (Å²) in [7, 11) is 1.48. The van der Waals surface area contributed by atoms with Crippen LogP contribution >= 0.6 is 0 Å². The number of aliphatic hydroxyl groups is 1. The average Bonchev–Trinajstić information content (AvgIpc) is 2.67. The summed E-state index contributed by atoms with van der Waals surface area (Å²) in [5.41, 5.74) is 0.965. The highest BCUT2D eigenvalue weighted by Crippen LogP contribution is 2.20. The molecule has 0 spiro atoms. The van der Waals surface area contributed by atoms with Gasteiger partial charge in [0.25, 0.3) is 0 Å². The van der Waals surface area contributed by atoms with E-state index < -0.39 is 0 Å². The lowest BCUT2D eigenvalue weighted by molar-refractivity contribution is 0.198. The highest BCUT2D eigenvalue weighted by atomic mass is 19.1. The molecule has 3 N–H and O–H groups in total. The fourth-order valence-electron chi connectivity index (χ4n) is 3.12. The maximum atomic E-state index is 13.8. The van der Waals surface area contributed by atoms with E-state index in [1.165, 1.54) is 7.11 Å². The molecule has 27 heavy (non-hydrogen) atoms. The molecule has 0 bridgehead atoms. The van der Waals surface area contributed by atoms with Crippen LogP contribution in [0.1, 0.15) is 32.3 Å². The van der Waals surface area contributed by atoms with E-state index in [-0.39, 0.29) is 24.1 Å². The molecule has 1 fully saturated rings. The van der Waals surface area contributed by atoms with Gasteiger partial charge in [0.1, 0.15) is 0 Å². The zero-order valence-corrected chi connectivity index (χ0v) is 16.7. The van der Waals surface area contributed by atoms with Crippen LogP contribution < -0.4 is 15.4 Å². The van der Waals surface area contributed by atoms with Crippen molar-refractivity contribution in [1.29, 1.82) is 0 Å². The van der Waals surface area contributed by atoms with Gasteiger partial charge in [-0.2, -0.15) is 0 Å². The monoisotopic (exact) mass is 380 g/mol. The molecule has 1 atom stereocenters. The zero-order chi connectivity index (χ0) is 19.6. The minimum Gasteiger partial charge on any atom is -0.494 e. The van der Waals surface area contributed by atoms with Gasteiger partial charge in [0.2, 0.25) is 0 Å². The fourth-order valence-corrected chi connectivity index (χ4v) is 3.12. The van der Waals surface area contributed by atoms with Crippen molar-refractivity contribution in [2.75, 3.05) is 39.9 Å². The Bertz CT molecular complexity index is 604. The molecule has 1 saturated heterocycles. The van der Waals surface area contributed by atoms with E-state index in [0.29, 0.717) is 12.6 Å². The molecule has 0 aromatic heterocycles. The SMILES string of the molecule is CCNC(=NCC(C)CO)NC1CCN(Cc2ccc(OC)c(F)c2)CC1. The second-order valence-electron chi connectivity index (χ2n) is 7.17. The van der Waals surface area contributed by atoms with Crippen LogP contribution in [0.15, 0.2) is 23.2 Å². The minimum atomic E-state index is -0.310. The lowest BCUT2D eigenvalue weighted by Crippen LogP contribution is -2.48. The van der Waals surface area contributed by atoms with Crippen LogP contribution in [-0.2, 0) is 6.54 Å². The van der Waals surface area contributed by atoms with Crippen LogP contribution in [0.25, 0.3) is 0 Å². The van der Waals surface area contributed by atoms with Gasteiger partial charge < -0.3 is 20.5 Å². The Morgan fingerprint density at radius 1 is 1.41 bits per heavy atom. The molecule has 1 aliphatic rings. The number of hydrogen-bond acceptors (Lipinski definition) is 4. The molecule has 6 nitrogen and oxygen atoms in total. The maximum Gasteiger partial charge on any atom is 0.191 e. The van der Waals surface area contributed by atoms with Crippen LogP contribution in [0.3, 0.4) is 0 Å². The van der Waals surface area contributed by atoms with Crippen molar-refractivity contribution in [1.82, 2.24) is 15.5 Å². The Morgan fingerprint density at radius 2 is 2.15 bits per heavy atom. The van der Waals surface area contributed by atoms with Crippen molar-refractivity contribution in [3.05, 3.63) is 29.6 Å². The zero-order valence-electron chi connectivity index (χ0n) is 16.7. The molecule has 1 heterocycles.